The van der Waals surface area contributed by atoms with Gasteiger partial charge in [0.15, 0.2) is 5.82 Å². The van der Waals surface area contributed by atoms with Gasteiger partial charge in [0.25, 0.3) is 0 Å². The Labute approximate surface area is 83.5 Å². The summed E-state index contributed by atoms with van der Waals surface area (Å²) in [6.07, 6.45) is 0. The fourth-order valence-corrected chi connectivity index (χ4v) is 1.22. The molecule has 1 heterocycles. The summed E-state index contributed by atoms with van der Waals surface area (Å²) < 4.78 is 2.54. The van der Waals surface area contributed by atoms with Crippen molar-refractivity contribution in [2.24, 2.45) is 0 Å². The van der Waals surface area contributed by atoms with Crippen molar-refractivity contribution in [3.05, 3.63) is 16.3 Å². The van der Waals surface area contributed by atoms with Gasteiger partial charge >= 0.3 is 5.69 Å². The molecule has 0 atom stereocenters. The van der Waals surface area contributed by atoms with Crippen LogP contribution in [0.15, 0.2) is 4.79 Å². The van der Waals surface area contributed by atoms with E-state index >= 15 is 0 Å². The third-order valence-electron chi connectivity index (χ3n) is 1.99. The predicted molar refractivity (Wildman–Crippen MR) is 55.7 cm³/mol. The van der Waals surface area contributed by atoms with E-state index in [1.807, 2.05) is 34.6 Å². The van der Waals surface area contributed by atoms with Crippen LogP contribution in [-0.2, 0) is 5.54 Å². The molecule has 0 aliphatic rings. The first-order valence-electron chi connectivity index (χ1n) is 4.72. The molecule has 0 aliphatic heterocycles. The van der Waals surface area contributed by atoms with Gasteiger partial charge in [-0.15, -0.1) is 0 Å². The maximum Gasteiger partial charge on any atom is 0.365 e. The number of hydrogen-bond donors (Lipinski definition) is 1. The monoisotopic (exact) mass is 198 g/mol. The molecule has 0 aromatic carbocycles. The second-order valence-corrected chi connectivity index (χ2v) is 4.75. The van der Waals surface area contributed by atoms with Gasteiger partial charge in [-0.3, -0.25) is 0 Å². The second-order valence-electron chi connectivity index (χ2n) is 4.75. The molecule has 0 amide bonds. The Hall–Kier alpha value is -1.26. The van der Waals surface area contributed by atoms with Gasteiger partial charge in [0, 0.05) is 5.92 Å². The van der Waals surface area contributed by atoms with Crippen LogP contribution in [0.2, 0.25) is 0 Å². The van der Waals surface area contributed by atoms with E-state index in [0.717, 1.165) is 4.68 Å². The molecule has 1 aromatic rings. The third-order valence-corrected chi connectivity index (χ3v) is 1.99. The molecule has 0 unspecified atom stereocenters. The van der Waals surface area contributed by atoms with E-state index in [2.05, 4.69) is 5.10 Å². The van der Waals surface area contributed by atoms with E-state index in [-0.39, 0.29) is 17.1 Å². The van der Waals surface area contributed by atoms with Crippen LogP contribution in [0.5, 0.6) is 0 Å². The van der Waals surface area contributed by atoms with E-state index in [1.54, 1.807) is 0 Å². The van der Waals surface area contributed by atoms with Crippen molar-refractivity contribution in [2.75, 3.05) is 5.84 Å². The largest absolute Gasteiger partial charge is 0.365 e. The number of nitrogens with zero attached hydrogens (tertiary/aromatic N) is 3. The summed E-state index contributed by atoms with van der Waals surface area (Å²) >= 11 is 0. The van der Waals surface area contributed by atoms with Crippen molar-refractivity contribution < 1.29 is 0 Å². The highest BCUT2D eigenvalue weighted by atomic mass is 16.2. The minimum absolute atomic E-state index is 0.149. The Kier molecular flexibility index (Phi) is 2.43. The first-order valence-corrected chi connectivity index (χ1v) is 4.72. The zero-order valence-electron chi connectivity index (χ0n) is 9.40. The number of rotatable bonds is 1. The topological polar surface area (TPSA) is 65.8 Å². The molecule has 1 aromatic heterocycles. The molecule has 0 fully saturated rings. The molecule has 1 rings (SSSR count). The van der Waals surface area contributed by atoms with Crippen LogP contribution in [0.3, 0.4) is 0 Å². The fourth-order valence-electron chi connectivity index (χ4n) is 1.22. The molecular weight excluding hydrogens is 180 g/mol. The van der Waals surface area contributed by atoms with Crippen molar-refractivity contribution in [3.8, 4) is 0 Å². The molecule has 5 nitrogen and oxygen atoms in total. The number of nitrogen functional groups attached to an aromatic ring is 1. The van der Waals surface area contributed by atoms with Crippen molar-refractivity contribution >= 4 is 0 Å². The molecule has 0 bridgehead atoms. The van der Waals surface area contributed by atoms with E-state index in [0.29, 0.717) is 5.82 Å². The van der Waals surface area contributed by atoms with Crippen LogP contribution in [0.4, 0.5) is 0 Å². The normalized spacial score (nSPS) is 12.4. The van der Waals surface area contributed by atoms with Gasteiger partial charge in [0.05, 0.1) is 5.54 Å². The van der Waals surface area contributed by atoms with E-state index < -0.39 is 0 Å². The lowest BCUT2D eigenvalue weighted by Crippen LogP contribution is -2.38. The minimum atomic E-state index is -0.328. The molecule has 0 saturated carbocycles. The Bertz CT molecular complexity index is 380. The Morgan fingerprint density at radius 1 is 1.36 bits per heavy atom. The Balaban J connectivity index is 3.37. The van der Waals surface area contributed by atoms with Gasteiger partial charge in [-0.2, -0.15) is 9.77 Å². The van der Waals surface area contributed by atoms with Gasteiger partial charge in [0.1, 0.15) is 0 Å². The molecule has 0 radical (unpaired) electrons. The smallest absolute Gasteiger partial charge is 0.333 e. The molecule has 80 valence electrons. The van der Waals surface area contributed by atoms with Crippen molar-refractivity contribution in [2.45, 2.75) is 46.1 Å². The maximum atomic E-state index is 11.7. The lowest BCUT2D eigenvalue weighted by atomic mass is 10.1. The highest BCUT2D eigenvalue weighted by Gasteiger charge is 2.22. The molecular formula is C9H18N4O. The lowest BCUT2D eigenvalue weighted by molar-refractivity contribution is 0.340. The number of aromatic nitrogens is 3. The van der Waals surface area contributed by atoms with E-state index in [9.17, 15) is 4.79 Å². The summed E-state index contributed by atoms with van der Waals surface area (Å²) in [6.45, 7) is 9.68. The first kappa shape index (κ1) is 10.8. The molecule has 5 heteroatoms. The quantitative estimate of drug-likeness (QED) is 0.673. The molecule has 0 aliphatic carbocycles. The molecule has 2 N–H and O–H groups in total. The van der Waals surface area contributed by atoms with Gasteiger partial charge in [-0.1, -0.05) is 13.8 Å². The van der Waals surface area contributed by atoms with Crippen LogP contribution in [0.25, 0.3) is 0 Å². The summed E-state index contributed by atoms with van der Waals surface area (Å²) in [5.74, 6) is 6.39. The SMILES string of the molecule is CC(C)c1nn(C(C)(C)C)c(=O)n1N. The summed E-state index contributed by atoms with van der Waals surface area (Å²) in [5, 5.41) is 4.22. The van der Waals surface area contributed by atoms with Gasteiger partial charge < -0.3 is 5.84 Å². The fraction of sp³-hybridized carbons (Fsp3) is 0.778. The van der Waals surface area contributed by atoms with Crippen LogP contribution in [0, 0.1) is 0 Å². The first-order chi connectivity index (χ1) is 6.25. The molecule has 0 spiro atoms. The lowest BCUT2D eigenvalue weighted by Gasteiger charge is -2.16. The van der Waals surface area contributed by atoms with Crippen molar-refractivity contribution in [1.82, 2.24) is 14.5 Å². The average molecular weight is 198 g/mol. The second kappa shape index (κ2) is 3.15. The molecule has 0 saturated heterocycles. The average Bonchev–Trinajstić information content (AvgIpc) is 2.28. The highest BCUT2D eigenvalue weighted by molar-refractivity contribution is 4.95. The van der Waals surface area contributed by atoms with Gasteiger partial charge in [-0.25, -0.2) is 9.48 Å². The standard InChI is InChI=1S/C9H18N4O/c1-6(2)7-11-13(9(3,4)5)8(14)12(7)10/h6H,10H2,1-5H3. The Morgan fingerprint density at radius 3 is 2.07 bits per heavy atom. The van der Waals surface area contributed by atoms with Crippen LogP contribution < -0.4 is 11.5 Å². The van der Waals surface area contributed by atoms with Gasteiger partial charge in [0.2, 0.25) is 0 Å². The van der Waals surface area contributed by atoms with E-state index in [1.165, 1.54) is 4.68 Å². The highest BCUT2D eigenvalue weighted by Crippen LogP contribution is 2.12. The van der Waals surface area contributed by atoms with E-state index in [4.69, 9.17) is 5.84 Å². The zero-order chi connectivity index (χ0) is 11.1. The third kappa shape index (κ3) is 1.66. The van der Waals surface area contributed by atoms with Crippen LogP contribution >= 0.6 is 0 Å². The van der Waals surface area contributed by atoms with Crippen LogP contribution in [0.1, 0.15) is 46.4 Å². The number of hydrogen-bond acceptors (Lipinski definition) is 3. The minimum Gasteiger partial charge on any atom is -0.333 e. The molecule has 14 heavy (non-hydrogen) atoms. The summed E-state index contributed by atoms with van der Waals surface area (Å²) in [7, 11) is 0. The summed E-state index contributed by atoms with van der Waals surface area (Å²) in [5.41, 5.74) is -0.591. The zero-order valence-corrected chi connectivity index (χ0v) is 9.40. The van der Waals surface area contributed by atoms with Crippen molar-refractivity contribution in [1.29, 1.82) is 0 Å². The number of nitrogens with two attached hydrogens (primary N) is 1. The van der Waals surface area contributed by atoms with Gasteiger partial charge in [-0.05, 0) is 20.8 Å². The predicted octanol–water partition coefficient (Wildman–Crippen LogP) is 0.637. The van der Waals surface area contributed by atoms with Crippen molar-refractivity contribution in [3.63, 3.8) is 0 Å². The maximum absolute atomic E-state index is 11.7. The van der Waals surface area contributed by atoms with Crippen LogP contribution in [-0.4, -0.2) is 14.5 Å². The summed E-state index contributed by atoms with van der Waals surface area (Å²) in [6, 6.07) is 0. The Morgan fingerprint density at radius 2 is 1.86 bits per heavy atom. The summed E-state index contributed by atoms with van der Waals surface area (Å²) in [4.78, 5) is 11.7.